The fraction of sp³-hybridized carbons (Fsp3) is 0.709. The van der Waals surface area contributed by atoms with Crippen LogP contribution in [0.4, 0.5) is 0 Å². The summed E-state index contributed by atoms with van der Waals surface area (Å²) in [6, 6.07) is 18.0. The van der Waals surface area contributed by atoms with E-state index in [1.54, 1.807) is 45.4 Å². The molecule has 6 fully saturated rings. The molecule has 0 amide bonds. The molecule has 9 rings (SSSR count). The molecule has 3 heterocycles. The van der Waals surface area contributed by atoms with Crippen molar-refractivity contribution in [3.63, 3.8) is 0 Å². The van der Waals surface area contributed by atoms with Gasteiger partial charge in [-0.25, -0.2) is 9.59 Å². The van der Waals surface area contributed by atoms with E-state index in [2.05, 4.69) is 19.9 Å². The second-order valence-corrected chi connectivity index (χ2v) is 21.7. The normalized spacial score (nSPS) is 44.2. The monoisotopic (exact) mass is 977 g/mol. The minimum atomic E-state index is -1.19. The molecule has 3 N–H and O–H groups in total. The van der Waals surface area contributed by atoms with Crippen molar-refractivity contribution in [2.45, 2.75) is 203 Å². The molecule has 4 aliphatic carbocycles. The summed E-state index contributed by atoms with van der Waals surface area (Å²) < 4.78 is 62.4. The highest BCUT2D eigenvalue weighted by molar-refractivity contribution is 5.90. The number of rotatable bonds is 13. The van der Waals surface area contributed by atoms with Crippen molar-refractivity contribution >= 4 is 11.9 Å². The first-order chi connectivity index (χ1) is 33.5. The number of aliphatic hydroxyl groups excluding tert-OH is 2. The minimum Gasteiger partial charge on any atom is -0.459 e. The molecule has 3 aliphatic heterocycles. The lowest BCUT2D eigenvalue weighted by Crippen LogP contribution is -2.67. The fourth-order valence-electron chi connectivity index (χ4n) is 14.0. The van der Waals surface area contributed by atoms with E-state index in [-0.39, 0.29) is 41.8 Å². The Bertz CT molecular complexity index is 2130. The van der Waals surface area contributed by atoms with Crippen molar-refractivity contribution in [3.8, 4) is 0 Å². The van der Waals surface area contributed by atoms with Crippen LogP contribution in [0.1, 0.15) is 126 Å². The van der Waals surface area contributed by atoms with E-state index in [1.807, 2.05) is 57.2 Å². The van der Waals surface area contributed by atoms with Crippen LogP contribution in [0.5, 0.6) is 0 Å². The molecular weight excluding hydrogens is 901 g/mol. The molecule has 15 nitrogen and oxygen atoms in total. The van der Waals surface area contributed by atoms with Crippen molar-refractivity contribution in [1.29, 1.82) is 0 Å². The third-order valence-corrected chi connectivity index (χ3v) is 18.0. The SMILES string of the molecule is COC1CC(OC2C(O)CC(OC3C(C)OC(OC4CCC5(C)C(=CCC6C5CC(OC(=O)c5ccccc5)C5(C)C(C(C)OC(=O)c7ccccc7)CCC65O)C4)CC3OC)OC2C)OC(C)C1O. The number of carbonyl (C=O) groups excluding carboxylic acids is 2. The highest BCUT2D eigenvalue weighted by Crippen LogP contribution is 2.69. The average molecular weight is 977 g/mol. The summed E-state index contributed by atoms with van der Waals surface area (Å²) in [4.78, 5) is 27.4. The number of hydrogen-bond acceptors (Lipinski definition) is 15. The summed E-state index contributed by atoms with van der Waals surface area (Å²) in [6.07, 6.45) is -0.395. The molecule has 21 atom stereocenters. The van der Waals surface area contributed by atoms with Crippen molar-refractivity contribution in [1.82, 2.24) is 0 Å². The topological polar surface area (TPSA) is 187 Å². The predicted octanol–water partition coefficient (Wildman–Crippen LogP) is 7.07. The predicted molar refractivity (Wildman–Crippen MR) is 254 cm³/mol. The largest absolute Gasteiger partial charge is 0.459 e. The quantitative estimate of drug-likeness (QED) is 0.137. The smallest absolute Gasteiger partial charge is 0.338 e. The standard InChI is InChI=1S/C55H76O15/c1-30(66-51(58)34-15-11-9-12-16-34)38-22-24-55(60)39-20-19-36-25-37(21-23-53(36,5)40(39)26-44(54(38,55)6)68-52(59)35-17-13-10-14-18-35)67-46-29-43(62-8)50(33(4)65-46)70-45-27-41(56)49(32(3)64-45)69-47-28-42(61-7)48(57)31(2)63-47/h9-19,30-33,37-50,56-57,60H,20-29H2,1-8H3. The number of hydrogen-bond donors (Lipinski definition) is 3. The van der Waals surface area contributed by atoms with Gasteiger partial charge in [0.05, 0.1) is 59.5 Å². The summed E-state index contributed by atoms with van der Waals surface area (Å²) in [5.41, 5.74) is -0.149. The van der Waals surface area contributed by atoms with Crippen molar-refractivity contribution in [2.24, 2.45) is 28.6 Å². The van der Waals surface area contributed by atoms with Gasteiger partial charge in [0.1, 0.15) is 30.5 Å². The molecular formula is C55H76O15. The Morgan fingerprint density at radius 1 is 0.700 bits per heavy atom. The Hall–Kier alpha value is -3.32. The molecule has 15 heteroatoms. The van der Waals surface area contributed by atoms with Gasteiger partial charge in [-0.1, -0.05) is 61.9 Å². The van der Waals surface area contributed by atoms with E-state index in [0.717, 1.165) is 12.8 Å². The van der Waals surface area contributed by atoms with E-state index in [4.69, 9.17) is 47.4 Å². The lowest BCUT2D eigenvalue weighted by atomic mass is 9.44. The first-order valence-corrected chi connectivity index (χ1v) is 25.8. The van der Waals surface area contributed by atoms with Gasteiger partial charge in [0, 0.05) is 44.8 Å². The summed E-state index contributed by atoms with van der Waals surface area (Å²) in [5, 5.41) is 35.0. The molecule has 0 aromatic heterocycles. The maximum absolute atomic E-state index is 14.0. The summed E-state index contributed by atoms with van der Waals surface area (Å²) in [5.74, 6) is -1.17. The van der Waals surface area contributed by atoms with E-state index in [0.29, 0.717) is 56.1 Å². The van der Waals surface area contributed by atoms with Crippen LogP contribution < -0.4 is 0 Å². The number of methoxy groups -OCH3 is 2. The number of benzene rings is 2. The Balaban J connectivity index is 0.849. The zero-order chi connectivity index (χ0) is 49.7. The number of aliphatic hydroxyl groups is 3. The molecule has 0 spiro atoms. The van der Waals surface area contributed by atoms with Gasteiger partial charge in [0.15, 0.2) is 18.9 Å². The number of carbonyl (C=O) groups is 2. The van der Waals surface area contributed by atoms with Crippen LogP contribution >= 0.6 is 0 Å². The molecule has 3 saturated heterocycles. The second kappa shape index (κ2) is 20.9. The molecule has 7 aliphatic rings. The van der Waals surface area contributed by atoms with Crippen LogP contribution in [-0.2, 0) is 47.4 Å². The maximum atomic E-state index is 14.0. The second-order valence-electron chi connectivity index (χ2n) is 21.7. The number of esters is 2. The molecule has 2 aromatic rings. The van der Waals surface area contributed by atoms with Gasteiger partial charge in [0.2, 0.25) is 0 Å². The van der Waals surface area contributed by atoms with Crippen LogP contribution in [0.25, 0.3) is 0 Å². The highest BCUT2D eigenvalue weighted by Gasteiger charge is 2.72. The summed E-state index contributed by atoms with van der Waals surface area (Å²) in [6.45, 7) is 11.8. The summed E-state index contributed by atoms with van der Waals surface area (Å²) in [7, 11) is 3.20. The van der Waals surface area contributed by atoms with Gasteiger partial charge in [-0.15, -0.1) is 0 Å². The summed E-state index contributed by atoms with van der Waals surface area (Å²) >= 11 is 0. The minimum absolute atomic E-state index is 0.0224. The number of ether oxygens (including phenoxy) is 10. The van der Waals surface area contributed by atoms with Gasteiger partial charge >= 0.3 is 11.9 Å². The van der Waals surface area contributed by atoms with Gasteiger partial charge in [-0.3, -0.25) is 0 Å². The lowest BCUT2D eigenvalue weighted by molar-refractivity contribution is -0.337. The zero-order valence-corrected chi connectivity index (χ0v) is 42.1. The van der Waals surface area contributed by atoms with Gasteiger partial charge in [-0.05, 0) is 114 Å². The number of allylic oxidation sites excluding steroid dienone is 1. The molecule has 3 saturated carbocycles. The Morgan fingerprint density at radius 2 is 1.29 bits per heavy atom. The third-order valence-electron chi connectivity index (χ3n) is 18.0. The first kappa shape index (κ1) is 51.6. The van der Waals surface area contributed by atoms with Gasteiger partial charge in [0.25, 0.3) is 0 Å². The van der Waals surface area contributed by atoms with Crippen molar-refractivity contribution < 1.29 is 72.3 Å². The Kier molecular flexibility index (Phi) is 15.4. The molecule has 2 aromatic carbocycles. The van der Waals surface area contributed by atoms with E-state index < -0.39 is 103 Å². The van der Waals surface area contributed by atoms with Crippen LogP contribution in [0, 0.1) is 28.6 Å². The Morgan fingerprint density at radius 3 is 1.94 bits per heavy atom. The van der Waals surface area contributed by atoms with Crippen molar-refractivity contribution in [2.75, 3.05) is 14.2 Å². The van der Waals surface area contributed by atoms with Gasteiger partial charge in [-0.2, -0.15) is 0 Å². The van der Waals surface area contributed by atoms with E-state index >= 15 is 0 Å². The van der Waals surface area contributed by atoms with E-state index in [9.17, 15) is 24.9 Å². The highest BCUT2D eigenvalue weighted by atomic mass is 16.7. The lowest BCUT2D eigenvalue weighted by Gasteiger charge is -2.63. The van der Waals surface area contributed by atoms with Crippen LogP contribution in [0.2, 0.25) is 0 Å². The van der Waals surface area contributed by atoms with Crippen LogP contribution in [0.15, 0.2) is 72.3 Å². The van der Waals surface area contributed by atoms with Crippen molar-refractivity contribution in [3.05, 3.63) is 83.4 Å². The maximum Gasteiger partial charge on any atom is 0.338 e. The van der Waals surface area contributed by atoms with E-state index in [1.165, 1.54) is 5.57 Å². The van der Waals surface area contributed by atoms with Crippen LogP contribution in [0.3, 0.4) is 0 Å². The zero-order valence-electron chi connectivity index (χ0n) is 42.1. The molecule has 0 bridgehead atoms. The molecule has 70 heavy (non-hydrogen) atoms. The van der Waals surface area contributed by atoms with Crippen LogP contribution in [-0.4, -0.2) is 139 Å². The molecule has 21 unspecified atom stereocenters. The fourth-order valence-corrected chi connectivity index (χ4v) is 14.0. The third kappa shape index (κ3) is 9.67. The Labute approximate surface area is 412 Å². The van der Waals surface area contributed by atoms with Gasteiger partial charge < -0.3 is 62.7 Å². The number of fused-ring (bicyclic) bond motifs is 5. The first-order valence-electron chi connectivity index (χ1n) is 25.8. The molecule has 0 radical (unpaired) electrons. The molecule has 386 valence electrons. The average Bonchev–Trinajstić information content (AvgIpc) is 3.64.